The summed E-state index contributed by atoms with van der Waals surface area (Å²) in [6.07, 6.45) is 2.13. The minimum Gasteiger partial charge on any atom is -0.508 e. The van der Waals surface area contributed by atoms with E-state index in [1.54, 1.807) is 35.2 Å². The van der Waals surface area contributed by atoms with E-state index in [9.17, 15) is 14.7 Å². The average molecular weight is 382 g/mol. The molecule has 0 saturated carbocycles. The highest BCUT2D eigenvalue weighted by Crippen LogP contribution is 2.25. The molecule has 1 unspecified atom stereocenters. The zero-order chi connectivity index (χ0) is 19.9. The summed E-state index contributed by atoms with van der Waals surface area (Å²) in [5.74, 6) is 0.479. The maximum atomic E-state index is 13.0. The monoisotopic (exact) mass is 382 g/mol. The maximum absolute atomic E-state index is 13.0. The first-order valence-electron chi connectivity index (χ1n) is 9.68. The summed E-state index contributed by atoms with van der Waals surface area (Å²) in [5, 5.41) is 12.3. The van der Waals surface area contributed by atoms with E-state index >= 15 is 0 Å². The summed E-state index contributed by atoms with van der Waals surface area (Å²) < 4.78 is 5.57. The molecule has 28 heavy (non-hydrogen) atoms. The lowest BCUT2D eigenvalue weighted by molar-refractivity contribution is -0.124. The van der Waals surface area contributed by atoms with Gasteiger partial charge in [0.1, 0.15) is 17.5 Å². The van der Waals surface area contributed by atoms with E-state index in [0.29, 0.717) is 43.9 Å². The van der Waals surface area contributed by atoms with Gasteiger partial charge in [-0.1, -0.05) is 24.3 Å². The van der Waals surface area contributed by atoms with Gasteiger partial charge < -0.3 is 20.1 Å². The highest BCUT2D eigenvalue weighted by atomic mass is 16.5. The van der Waals surface area contributed by atoms with E-state index in [2.05, 4.69) is 5.32 Å². The van der Waals surface area contributed by atoms with Crippen molar-refractivity contribution in [3.8, 4) is 11.5 Å². The van der Waals surface area contributed by atoms with Crippen molar-refractivity contribution >= 4 is 11.8 Å². The van der Waals surface area contributed by atoms with Crippen LogP contribution >= 0.6 is 0 Å². The molecule has 2 N–H and O–H groups in total. The fourth-order valence-electron chi connectivity index (χ4n) is 3.47. The number of amides is 2. The molecular weight excluding hydrogens is 356 g/mol. The Hall–Kier alpha value is -3.02. The van der Waals surface area contributed by atoms with Crippen LogP contribution in [0, 0.1) is 0 Å². The third kappa shape index (κ3) is 4.63. The van der Waals surface area contributed by atoms with Gasteiger partial charge in [-0.05, 0) is 56.0 Å². The van der Waals surface area contributed by atoms with Gasteiger partial charge in [0.25, 0.3) is 5.91 Å². The Morgan fingerprint density at radius 2 is 1.93 bits per heavy atom. The van der Waals surface area contributed by atoms with Crippen LogP contribution in [-0.2, 0) is 11.2 Å². The molecule has 2 aromatic carbocycles. The molecule has 1 saturated heterocycles. The Kier molecular flexibility index (Phi) is 6.53. The summed E-state index contributed by atoms with van der Waals surface area (Å²) in [6, 6.07) is 13.6. The van der Waals surface area contributed by atoms with Gasteiger partial charge in [-0.25, -0.2) is 0 Å². The number of likely N-dealkylation sites (tertiary alicyclic amines) is 1. The smallest absolute Gasteiger partial charge is 0.258 e. The zero-order valence-electron chi connectivity index (χ0n) is 16.1. The predicted octanol–water partition coefficient (Wildman–Crippen LogP) is 2.75. The lowest BCUT2D eigenvalue weighted by Gasteiger charge is -2.25. The number of ether oxygens (including phenoxy) is 1. The number of benzene rings is 2. The van der Waals surface area contributed by atoms with Crippen LogP contribution in [-0.4, -0.2) is 47.6 Å². The zero-order valence-corrected chi connectivity index (χ0v) is 16.1. The number of hydrogen-bond acceptors (Lipinski definition) is 4. The minimum absolute atomic E-state index is 0.126. The second-order valence-electron chi connectivity index (χ2n) is 6.79. The lowest BCUT2D eigenvalue weighted by atomic mass is 10.1. The minimum atomic E-state index is -0.456. The van der Waals surface area contributed by atoms with Crippen molar-refractivity contribution in [3.05, 3.63) is 59.7 Å². The van der Waals surface area contributed by atoms with Crippen molar-refractivity contribution < 1.29 is 19.4 Å². The molecule has 3 rings (SSSR count). The Balaban J connectivity index is 1.61. The van der Waals surface area contributed by atoms with Crippen LogP contribution in [0.3, 0.4) is 0 Å². The molecule has 1 aliphatic rings. The topological polar surface area (TPSA) is 78.9 Å². The number of rotatable bonds is 7. The van der Waals surface area contributed by atoms with Crippen LogP contribution in [0.1, 0.15) is 35.7 Å². The molecule has 6 nitrogen and oxygen atoms in total. The van der Waals surface area contributed by atoms with Crippen molar-refractivity contribution in [2.24, 2.45) is 0 Å². The molecule has 1 atom stereocenters. The Morgan fingerprint density at radius 3 is 2.68 bits per heavy atom. The van der Waals surface area contributed by atoms with E-state index in [0.717, 1.165) is 12.0 Å². The van der Waals surface area contributed by atoms with Crippen molar-refractivity contribution in [1.82, 2.24) is 10.2 Å². The molecule has 0 spiro atoms. The number of carbonyl (C=O) groups is 2. The SMILES string of the molecule is CCOc1ccccc1C(=O)N1CCCC1C(=O)NCCc1ccc(O)cc1. The molecule has 2 aromatic rings. The second kappa shape index (κ2) is 9.26. The summed E-state index contributed by atoms with van der Waals surface area (Å²) in [6.45, 7) is 3.40. The molecule has 6 heteroatoms. The fraction of sp³-hybridized carbons (Fsp3) is 0.364. The lowest BCUT2D eigenvalue weighted by Crippen LogP contribution is -2.46. The number of nitrogens with zero attached hydrogens (tertiary/aromatic N) is 1. The molecule has 0 aliphatic carbocycles. The average Bonchev–Trinajstić information content (AvgIpc) is 3.19. The van der Waals surface area contributed by atoms with Crippen LogP contribution < -0.4 is 10.1 Å². The number of aromatic hydroxyl groups is 1. The van der Waals surface area contributed by atoms with Gasteiger partial charge in [-0.2, -0.15) is 0 Å². The quantitative estimate of drug-likeness (QED) is 0.772. The van der Waals surface area contributed by atoms with Gasteiger partial charge in [0.15, 0.2) is 0 Å². The molecule has 1 aliphatic heterocycles. The summed E-state index contributed by atoms with van der Waals surface area (Å²) in [5.41, 5.74) is 1.52. The number of carbonyl (C=O) groups excluding carboxylic acids is 2. The Labute approximate surface area is 165 Å². The van der Waals surface area contributed by atoms with Gasteiger partial charge in [-0.3, -0.25) is 9.59 Å². The standard InChI is InChI=1S/C22H26N2O4/c1-2-28-20-8-4-3-6-18(20)22(27)24-15-5-7-19(24)21(26)23-14-13-16-9-11-17(25)12-10-16/h3-4,6,8-12,19,25H,2,5,7,13-15H2,1H3,(H,23,26). The van der Waals surface area contributed by atoms with Crippen molar-refractivity contribution in [2.45, 2.75) is 32.2 Å². The van der Waals surface area contributed by atoms with E-state index < -0.39 is 6.04 Å². The fourth-order valence-corrected chi connectivity index (χ4v) is 3.47. The largest absolute Gasteiger partial charge is 0.508 e. The summed E-state index contributed by atoms with van der Waals surface area (Å²) >= 11 is 0. The van der Waals surface area contributed by atoms with Gasteiger partial charge in [-0.15, -0.1) is 0 Å². The molecule has 1 fully saturated rings. The molecule has 0 aromatic heterocycles. The number of nitrogens with one attached hydrogen (secondary N) is 1. The first-order valence-corrected chi connectivity index (χ1v) is 9.68. The molecular formula is C22H26N2O4. The second-order valence-corrected chi connectivity index (χ2v) is 6.79. The Morgan fingerprint density at radius 1 is 1.18 bits per heavy atom. The molecule has 148 valence electrons. The van der Waals surface area contributed by atoms with Gasteiger partial charge >= 0.3 is 0 Å². The highest BCUT2D eigenvalue weighted by Gasteiger charge is 2.35. The number of hydrogen-bond donors (Lipinski definition) is 2. The van der Waals surface area contributed by atoms with E-state index in [1.165, 1.54) is 0 Å². The molecule has 0 bridgehead atoms. The van der Waals surface area contributed by atoms with Crippen LogP contribution in [0.4, 0.5) is 0 Å². The maximum Gasteiger partial charge on any atom is 0.258 e. The van der Waals surface area contributed by atoms with Crippen molar-refractivity contribution in [1.29, 1.82) is 0 Å². The van der Waals surface area contributed by atoms with Crippen molar-refractivity contribution in [2.75, 3.05) is 19.7 Å². The van der Waals surface area contributed by atoms with E-state index in [-0.39, 0.29) is 17.6 Å². The van der Waals surface area contributed by atoms with E-state index in [1.807, 2.05) is 25.1 Å². The Bertz CT molecular complexity index is 820. The van der Waals surface area contributed by atoms with E-state index in [4.69, 9.17) is 4.74 Å². The van der Waals surface area contributed by atoms with Crippen LogP contribution in [0.15, 0.2) is 48.5 Å². The number of phenolic OH excluding ortho intramolecular Hbond substituents is 1. The number of phenols is 1. The molecule has 1 heterocycles. The summed E-state index contributed by atoms with van der Waals surface area (Å²) in [7, 11) is 0. The molecule has 0 radical (unpaired) electrons. The highest BCUT2D eigenvalue weighted by molar-refractivity contribution is 6.00. The predicted molar refractivity (Wildman–Crippen MR) is 106 cm³/mol. The van der Waals surface area contributed by atoms with Crippen LogP contribution in [0.2, 0.25) is 0 Å². The van der Waals surface area contributed by atoms with Crippen LogP contribution in [0.5, 0.6) is 11.5 Å². The number of para-hydroxylation sites is 1. The first kappa shape index (κ1) is 19.7. The molecule has 2 amide bonds. The van der Waals surface area contributed by atoms with Gasteiger partial charge in [0.05, 0.1) is 12.2 Å². The summed E-state index contributed by atoms with van der Waals surface area (Å²) in [4.78, 5) is 27.3. The van der Waals surface area contributed by atoms with Gasteiger partial charge in [0.2, 0.25) is 5.91 Å². The third-order valence-corrected chi connectivity index (χ3v) is 4.88. The van der Waals surface area contributed by atoms with Crippen LogP contribution in [0.25, 0.3) is 0 Å². The van der Waals surface area contributed by atoms with Gasteiger partial charge in [0, 0.05) is 13.1 Å². The first-order chi connectivity index (χ1) is 13.6. The normalized spacial score (nSPS) is 16.0. The van der Waals surface area contributed by atoms with Crippen molar-refractivity contribution in [3.63, 3.8) is 0 Å². The third-order valence-electron chi connectivity index (χ3n) is 4.88.